The van der Waals surface area contributed by atoms with Crippen LogP contribution in [0, 0.1) is 11.7 Å². The molecule has 0 aliphatic carbocycles. The minimum Gasteiger partial charge on any atom is -0.497 e. The fourth-order valence-electron chi connectivity index (χ4n) is 5.47. The number of benzene rings is 2. The van der Waals surface area contributed by atoms with Crippen molar-refractivity contribution in [2.24, 2.45) is 5.92 Å². The van der Waals surface area contributed by atoms with Crippen LogP contribution < -0.4 is 10.1 Å². The minimum absolute atomic E-state index is 0.000545. The summed E-state index contributed by atoms with van der Waals surface area (Å²) in [5.41, 5.74) is 1.03. The van der Waals surface area contributed by atoms with E-state index in [-0.39, 0.29) is 23.7 Å². The molecule has 0 aromatic heterocycles. The van der Waals surface area contributed by atoms with Gasteiger partial charge in [-0.15, -0.1) is 0 Å². The zero-order chi connectivity index (χ0) is 25.7. The number of imide groups is 1. The largest absolute Gasteiger partial charge is 0.497 e. The molecule has 2 aromatic carbocycles. The maximum atomic E-state index is 13.9. The highest BCUT2D eigenvalue weighted by Gasteiger charge is 2.55. The summed E-state index contributed by atoms with van der Waals surface area (Å²) < 4.78 is 18.9. The van der Waals surface area contributed by atoms with Crippen molar-refractivity contribution in [3.05, 3.63) is 65.5 Å². The molecule has 194 valence electrons. The van der Waals surface area contributed by atoms with Crippen molar-refractivity contribution in [1.82, 2.24) is 20.0 Å². The van der Waals surface area contributed by atoms with Gasteiger partial charge in [-0.2, -0.15) is 0 Å². The molecule has 0 spiro atoms. The van der Waals surface area contributed by atoms with Crippen molar-refractivity contribution in [1.29, 1.82) is 0 Å². The molecule has 1 N–H and O–H groups in total. The number of urea groups is 1. The van der Waals surface area contributed by atoms with Crippen LogP contribution in [0.4, 0.5) is 9.18 Å². The lowest BCUT2D eigenvalue weighted by Gasteiger charge is -2.41. The lowest BCUT2D eigenvalue weighted by atomic mass is 9.74. The van der Waals surface area contributed by atoms with Gasteiger partial charge >= 0.3 is 6.03 Å². The van der Waals surface area contributed by atoms with Gasteiger partial charge in [0.25, 0.3) is 5.91 Å². The molecule has 0 saturated carbocycles. The van der Waals surface area contributed by atoms with E-state index in [1.807, 2.05) is 31.1 Å². The second-order valence-corrected chi connectivity index (χ2v) is 10.2. The predicted octanol–water partition coefficient (Wildman–Crippen LogP) is 3.53. The van der Waals surface area contributed by atoms with Gasteiger partial charge in [0.1, 0.15) is 17.1 Å². The highest BCUT2D eigenvalue weighted by molar-refractivity contribution is 6.07. The van der Waals surface area contributed by atoms with Gasteiger partial charge in [0.2, 0.25) is 0 Å². The Bertz CT molecular complexity index is 1050. The Hall–Kier alpha value is -2.97. The first-order chi connectivity index (χ1) is 17.3. The summed E-state index contributed by atoms with van der Waals surface area (Å²) in [5, 5.41) is 3.11. The fraction of sp³-hybridized carbons (Fsp3) is 0.500. The number of methoxy groups -OCH3 is 1. The Morgan fingerprint density at radius 1 is 1.08 bits per heavy atom. The van der Waals surface area contributed by atoms with Crippen LogP contribution in [-0.4, -0.2) is 79.6 Å². The zero-order valence-corrected chi connectivity index (χ0v) is 21.5. The van der Waals surface area contributed by atoms with Crippen LogP contribution in [-0.2, 0) is 17.8 Å². The number of carbonyl (C=O) groups excluding carboxylic acids is 2. The van der Waals surface area contributed by atoms with Crippen LogP contribution in [0.25, 0.3) is 0 Å². The Kier molecular flexibility index (Phi) is 8.26. The molecule has 3 amide bonds. The number of ether oxygens (including phenoxy) is 1. The minimum atomic E-state index is -1.00. The number of carbonyl (C=O) groups is 2. The van der Waals surface area contributed by atoms with E-state index in [4.69, 9.17) is 4.74 Å². The number of rotatable bonds is 10. The number of likely N-dealkylation sites (tertiary alicyclic amines) is 1. The summed E-state index contributed by atoms with van der Waals surface area (Å²) >= 11 is 0. The van der Waals surface area contributed by atoms with Crippen LogP contribution >= 0.6 is 0 Å². The molecule has 7 nitrogen and oxygen atoms in total. The maximum absolute atomic E-state index is 13.9. The van der Waals surface area contributed by atoms with E-state index in [1.165, 1.54) is 22.6 Å². The van der Waals surface area contributed by atoms with Crippen molar-refractivity contribution in [2.75, 3.05) is 47.4 Å². The number of hydrogen-bond acceptors (Lipinski definition) is 5. The lowest BCUT2D eigenvalue weighted by Crippen LogP contribution is -2.57. The molecular formula is C28H37FN4O3. The Morgan fingerprint density at radius 2 is 1.81 bits per heavy atom. The normalized spacial score (nSPS) is 21.3. The van der Waals surface area contributed by atoms with Crippen LogP contribution in [0.15, 0.2) is 48.5 Å². The monoisotopic (exact) mass is 496 g/mol. The average molecular weight is 497 g/mol. The van der Waals surface area contributed by atoms with Crippen molar-refractivity contribution in [3.8, 4) is 5.75 Å². The second-order valence-electron chi connectivity index (χ2n) is 10.2. The maximum Gasteiger partial charge on any atom is 0.325 e. The van der Waals surface area contributed by atoms with Crippen molar-refractivity contribution < 1.29 is 18.7 Å². The summed E-state index contributed by atoms with van der Waals surface area (Å²) in [5.74, 6) is 0.376. The molecule has 0 unspecified atom stereocenters. The van der Waals surface area contributed by atoms with E-state index in [0.29, 0.717) is 13.0 Å². The molecule has 36 heavy (non-hydrogen) atoms. The van der Waals surface area contributed by atoms with Gasteiger partial charge in [-0.05, 0) is 94.3 Å². The zero-order valence-electron chi connectivity index (χ0n) is 21.5. The van der Waals surface area contributed by atoms with Crippen molar-refractivity contribution >= 4 is 11.9 Å². The average Bonchev–Trinajstić information content (AvgIpc) is 3.10. The third-order valence-corrected chi connectivity index (χ3v) is 7.41. The van der Waals surface area contributed by atoms with E-state index in [9.17, 15) is 14.0 Å². The Morgan fingerprint density at radius 3 is 2.47 bits per heavy atom. The van der Waals surface area contributed by atoms with Gasteiger partial charge in [0, 0.05) is 19.5 Å². The first kappa shape index (κ1) is 26.1. The van der Waals surface area contributed by atoms with Gasteiger partial charge in [0.05, 0.1) is 7.11 Å². The first-order valence-electron chi connectivity index (χ1n) is 12.7. The highest BCUT2D eigenvalue weighted by Crippen LogP contribution is 2.37. The standard InChI is InChI=1S/C28H37FN4O3/c1-31(2)14-5-15-33-26(34)28(30-27(33)35,19-21-8-10-24(29)11-9-21)23-12-16-32(17-13-23)20-22-6-4-7-25(18-22)36-3/h4,6-11,18,23H,5,12-17,19-20H2,1-3H3,(H,30,35)/t28-/m1/s1. The third-order valence-electron chi connectivity index (χ3n) is 7.41. The topological polar surface area (TPSA) is 65.1 Å². The van der Waals surface area contributed by atoms with Crippen LogP contribution in [0.3, 0.4) is 0 Å². The fourth-order valence-corrected chi connectivity index (χ4v) is 5.47. The summed E-state index contributed by atoms with van der Waals surface area (Å²) in [6.07, 6.45) is 2.67. The summed E-state index contributed by atoms with van der Waals surface area (Å²) in [6, 6.07) is 14.0. The van der Waals surface area contributed by atoms with Gasteiger partial charge in [0.15, 0.2) is 0 Å². The third kappa shape index (κ3) is 5.87. The quantitative estimate of drug-likeness (QED) is 0.510. The Labute approximate surface area is 213 Å². The highest BCUT2D eigenvalue weighted by atomic mass is 19.1. The number of halogens is 1. The van der Waals surface area contributed by atoms with E-state index < -0.39 is 5.54 Å². The molecule has 2 heterocycles. The molecule has 2 aliphatic rings. The molecule has 0 radical (unpaired) electrons. The van der Waals surface area contributed by atoms with Crippen LogP contribution in [0.5, 0.6) is 5.75 Å². The summed E-state index contributed by atoms with van der Waals surface area (Å²) in [6.45, 7) is 3.66. The molecule has 0 bridgehead atoms. The molecular weight excluding hydrogens is 459 g/mol. The number of hydrogen-bond donors (Lipinski definition) is 1. The first-order valence-corrected chi connectivity index (χ1v) is 12.7. The number of nitrogens with one attached hydrogen (secondary N) is 1. The van der Waals surface area contributed by atoms with Gasteiger partial charge in [-0.1, -0.05) is 24.3 Å². The molecule has 4 rings (SSSR count). The van der Waals surface area contributed by atoms with Crippen LogP contribution in [0.2, 0.25) is 0 Å². The summed E-state index contributed by atoms with van der Waals surface area (Å²) in [4.78, 5) is 32.7. The van der Waals surface area contributed by atoms with Crippen molar-refractivity contribution in [3.63, 3.8) is 0 Å². The van der Waals surface area contributed by atoms with Gasteiger partial charge < -0.3 is 15.0 Å². The summed E-state index contributed by atoms with van der Waals surface area (Å²) in [7, 11) is 5.62. The predicted molar refractivity (Wildman–Crippen MR) is 137 cm³/mol. The van der Waals surface area contributed by atoms with Crippen molar-refractivity contribution in [2.45, 2.75) is 37.8 Å². The SMILES string of the molecule is COc1cccc(CN2CCC([C@@]3(Cc4ccc(F)cc4)NC(=O)N(CCCN(C)C)C3=O)CC2)c1. The molecule has 1 atom stereocenters. The van der Waals surface area contributed by atoms with E-state index >= 15 is 0 Å². The number of amides is 3. The molecule has 2 saturated heterocycles. The molecule has 2 aromatic rings. The second kappa shape index (κ2) is 11.4. The van der Waals surface area contributed by atoms with E-state index in [2.05, 4.69) is 22.3 Å². The van der Waals surface area contributed by atoms with Crippen LogP contribution in [0.1, 0.15) is 30.4 Å². The molecule has 2 fully saturated rings. The van der Waals surface area contributed by atoms with E-state index in [0.717, 1.165) is 56.8 Å². The Balaban J connectivity index is 1.50. The smallest absolute Gasteiger partial charge is 0.325 e. The van der Waals surface area contributed by atoms with Gasteiger partial charge in [-0.3, -0.25) is 14.6 Å². The number of piperidine rings is 1. The lowest BCUT2D eigenvalue weighted by molar-refractivity contribution is -0.134. The van der Waals surface area contributed by atoms with E-state index in [1.54, 1.807) is 19.2 Å². The van der Waals surface area contributed by atoms with Gasteiger partial charge in [-0.25, -0.2) is 9.18 Å². The molecule has 8 heteroatoms. The molecule has 2 aliphatic heterocycles. The number of nitrogens with zero attached hydrogens (tertiary/aromatic N) is 3.